The highest BCUT2D eigenvalue weighted by Gasteiger charge is 2.08. The van der Waals surface area contributed by atoms with Crippen LogP contribution in [0.3, 0.4) is 0 Å². The Labute approximate surface area is 85.8 Å². The van der Waals surface area contributed by atoms with E-state index in [2.05, 4.69) is 20.2 Å². The van der Waals surface area contributed by atoms with E-state index in [1.807, 2.05) is 13.8 Å². The minimum Gasteiger partial charge on any atom is -0.267 e. The zero-order valence-electron chi connectivity index (χ0n) is 7.77. The van der Waals surface area contributed by atoms with Gasteiger partial charge in [0.25, 0.3) is 0 Å². The van der Waals surface area contributed by atoms with Gasteiger partial charge in [0.15, 0.2) is 0 Å². The third-order valence-corrected chi connectivity index (χ3v) is 2.06. The van der Waals surface area contributed by atoms with Gasteiger partial charge in [0.2, 0.25) is 5.28 Å². The van der Waals surface area contributed by atoms with Crippen LogP contribution in [-0.2, 0) is 0 Å². The fraction of sp³-hybridized carbons (Fsp3) is 0.250. The predicted molar refractivity (Wildman–Crippen MR) is 51.4 cm³/mol. The molecule has 0 saturated carbocycles. The number of nitrogens with zero attached hydrogens (tertiary/aromatic N) is 5. The van der Waals surface area contributed by atoms with Crippen LogP contribution in [0.4, 0.5) is 0 Å². The Kier molecular flexibility index (Phi) is 2.17. The zero-order valence-corrected chi connectivity index (χ0v) is 8.52. The number of rotatable bonds is 1. The Hall–Kier alpha value is -1.49. The largest absolute Gasteiger partial charge is 0.267 e. The van der Waals surface area contributed by atoms with E-state index in [0.717, 1.165) is 11.5 Å². The van der Waals surface area contributed by atoms with Gasteiger partial charge in [-0.2, -0.15) is 0 Å². The Morgan fingerprint density at radius 1 is 1.14 bits per heavy atom. The van der Waals surface area contributed by atoms with Crippen LogP contribution in [0.25, 0.3) is 5.69 Å². The van der Waals surface area contributed by atoms with Gasteiger partial charge >= 0.3 is 0 Å². The van der Waals surface area contributed by atoms with Gasteiger partial charge in [0, 0.05) is 0 Å². The Balaban J connectivity index is 2.54. The van der Waals surface area contributed by atoms with Crippen LogP contribution in [-0.4, -0.2) is 24.7 Å². The first-order valence-electron chi connectivity index (χ1n) is 4.05. The van der Waals surface area contributed by atoms with E-state index < -0.39 is 0 Å². The van der Waals surface area contributed by atoms with E-state index in [0.29, 0.717) is 11.1 Å². The molecule has 0 aliphatic rings. The molecule has 0 spiro atoms. The highest BCUT2D eigenvalue weighted by molar-refractivity contribution is 6.28. The van der Waals surface area contributed by atoms with Crippen LogP contribution in [0.2, 0.25) is 5.28 Å². The van der Waals surface area contributed by atoms with Crippen molar-refractivity contribution in [3.8, 4) is 5.69 Å². The van der Waals surface area contributed by atoms with E-state index in [1.54, 1.807) is 17.0 Å². The number of aromatic nitrogens is 5. The molecule has 5 nitrogen and oxygen atoms in total. The summed E-state index contributed by atoms with van der Waals surface area (Å²) in [4.78, 5) is 8.14. The first kappa shape index (κ1) is 9.08. The van der Waals surface area contributed by atoms with Crippen molar-refractivity contribution >= 4 is 11.6 Å². The summed E-state index contributed by atoms with van der Waals surface area (Å²) in [5, 5.41) is 7.89. The molecule has 0 N–H and O–H groups in total. The topological polar surface area (TPSA) is 56.5 Å². The molecule has 2 rings (SSSR count). The summed E-state index contributed by atoms with van der Waals surface area (Å²) >= 11 is 5.85. The summed E-state index contributed by atoms with van der Waals surface area (Å²) < 4.78 is 1.68. The molecule has 2 aromatic rings. The minimum atomic E-state index is 0.315. The van der Waals surface area contributed by atoms with Gasteiger partial charge in [0.1, 0.15) is 11.6 Å². The molecule has 6 heteroatoms. The van der Waals surface area contributed by atoms with Crippen LogP contribution in [0.5, 0.6) is 0 Å². The third kappa shape index (κ3) is 1.46. The van der Waals surface area contributed by atoms with Crippen molar-refractivity contribution in [1.82, 2.24) is 24.7 Å². The smallest absolute Gasteiger partial charge is 0.229 e. The number of hydrogen-bond donors (Lipinski definition) is 0. The monoisotopic (exact) mass is 209 g/mol. The van der Waals surface area contributed by atoms with E-state index in [-0.39, 0.29) is 0 Å². The molecule has 72 valence electrons. The molecular weight excluding hydrogens is 202 g/mol. The molecule has 0 aliphatic carbocycles. The van der Waals surface area contributed by atoms with Gasteiger partial charge < -0.3 is 0 Å². The van der Waals surface area contributed by atoms with Crippen molar-refractivity contribution in [2.24, 2.45) is 0 Å². The summed E-state index contributed by atoms with van der Waals surface area (Å²) in [5.41, 5.74) is 0.767. The van der Waals surface area contributed by atoms with Crippen LogP contribution >= 0.6 is 11.6 Å². The van der Waals surface area contributed by atoms with Crippen LogP contribution < -0.4 is 0 Å². The Morgan fingerprint density at radius 2 is 1.79 bits per heavy atom. The summed E-state index contributed by atoms with van der Waals surface area (Å²) in [5.74, 6) is 1.43. The quantitative estimate of drug-likeness (QED) is 0.711. The first-order valence-corrected chi connectivity index (χ1v) is 4.43. The predicted octanol–water partition coefficient (Wildman–Crippen LogP) is 1.33. The Morgan fingerprint density at radius 3 is 2.29 bits per heavy atom. The first-order chi connectivity index (χ1) is 6.68. The summed E-state index contributed by atoms with van der Waals surface area (Å²) in [6.45, 7) is 3.64. The Bertz CT molecular complexity index is 428. The second-order valence-electron chi connectivity index (χ2n) is 2.84. The lowest BCUT2D eigenvalue weighted by atomic mass is 10.5. The van der Waals surface area contributed by atoms with Crippen molar-refractivity contribution in [2.45, 2.75) is 13.8 Å². The molecule has 0 bridgehead atoms. The van der Waals surface area contributed by atoms with Crippen LogP contribution in [0, 0.1) is 13.8 Å². The lowest BCUT2D eigenvalue weighted by Gasteiger charge is -2.03. The zero-order chi connectivity index (χ0) is 10.1. The number of aryl methyl sites for hydroxylation is 2. The van der Waals surface area contributed by atoms with Crippen molar-refractivity contribution in [2.75, 3.05) is 0 Å². The normalized spacial score (nSPS) is 10.5. The molecule has 0 aliphatic heterocycles. The van der Waals surface area contributed by atoms with Crippen molar-refractivity contribution in [1.29, 1.82) is 0 Å². The van der Waals surface area contributed by atoms with E-state index in [4.69, 9.17) is 11.6 Å². The number of hydrogen-bond acceptors (Lipinski definition) is 4. The van der Waals surface area contributed by atoms with E-state index >= 15 is 0 Å². The number of halogens is 1. The second-order valence-corrected chi connectivity index (χ2v) is 3.18. The second kappa shape index (κ2) is 3.34. The van der Waals surface area contributed by atoms with Gasteiger partial charge in [0.05, 0.1) is 18.1 Å². The standard InChI is InChI=1S/C8H8ClN5/c1-5-10-3-7(4-11-5)14-6(2)12-13-8(14)9/h3-4H,1-2H3. The van der Waals surface area contributed by atoms with Gasteiger partial charge in [-0.15, -0.1) is 10.2 Å². The molecule has 0 atom stereocenters. The molecule has 2 heterocycles. The fourth-order valence-corrected chi connectivity index (χ4v) is 1.39. The minimum absolute atomic E-state index is 0.315. The molecule has 0 saturated heterocycles. The fourth-order valence-electron chi connectivity index (χ4n) is 1.13. The average molecular weight is 210 g/mol. The van der Waals surface area contributed by atoms with Gasteiger partial charge in [-0.3, -0.25) is 4.57 Å². The molecule has 0 fully saturated rings. The maximum atomic E-state index is 5.85. The maximum absolute atomic E-state index is 5.85. The molecule has 0 amide bonds. The summed E-state index contributed by atoms with van der Waals surface area (Å²) in [6.07, 6.45) is 3.37. The summed E-state index contributed by atoms with van der Waals surface area (Å²) in [7, 11) is 0. The SMILES string of the molecule is Cc1ncc(-n2c(C)nnc2Cl)cn1. The molecule has 0 aromatic carbocycles. The van der Waals surface area contributed by atoms with Crippen molar-refractivity contribution < 1.29 is 0 Å². The van der Waals surface area contributed by atoms with Crippen LogP contribution in [0.1, 0.15) is 11.6 Å². The van der Waals surface area contributed by atoms with Gasteiger partial charge in [-0.05, 0) is 25.4 Å². The summed E-state index contributed by atoms with van der Waals surface area (Å²) in [6, 6.07) is 0. The maximum Gasteiger partial charge on any atom is 0.229 e. The average Bonchev–Trinajstić information content (AvgIpc) is 2.49. The molecule has 14 heavy (non-hydrogen) atoms. The highest BCUT2D eigenvalue weighted by Crippen LogP contribution is 2.14. The van der Waals surface area contributed by atoms with Crippen LogP contribution in [0.15, 0.2) is 12.4 Å². The third-order valence-electron chi connectivity index (χ3n) is 1.81. The van der Waals surface area contributed by atoms with Gasteiger partial charge in [-0.25, -0.2) is 9.97 Å². The molecule has 0 unspecified atom stereocenters. The lowest BCUT2D eigenvalue weighted by Crippen LogP contribution is -1.99. The molecule has 0 radical (unpaired) electrons. The van der Waals surface area contributed by atoms with Crippen molar-refractivity contribution in [3.63, 3.8) is 0 Å². The highest BCUT2D eigenvalue weighted by atomic mass is 35.5. The van der Waals surface area contributed by atoms with Gasteiger partial charge in [-0.1, -0.05) is 0 Å². The van der Waals surface area contributed by atoms with E-state index in [1.165, 1.54) is 0 Å². The van der Waals surface area contributed by atoms with Crippen molar-refractivity contribution in [3.05, 3.63) is 29.3 Å². The molecular formula is C8H8ClN5. The van der Waals surface area contributed by atoms with E-state index in [9.17, 15) is 0 Å². The molecule has 2 aromatic heterocycles. The lowest BCUT2D eigenvalue weighted by molar-refractivity contribution is 0.931.